The van der Waals surface area contributed by atoms with Gasteiger partial charge in [-0.15, -0.1) is 0 Å². The standard InChI is InChI=1S/C37H33N/c1-24-22-29(32-20-8-16-27-14-6-12-25-10-2-4-18-30(25)35(27)32)23-34(37(24)38)33-21-9-17-28-15-7-13-26-11-3-5-19-31(26)36(28)33/h2-5,8-11,16-23H,6-7,12-15,38H2,1H3. The average Bonchev–Trinajstić information content (AvgIpc) is 3.26. The maximum Gasteiger partial charge on any atom is 0.0424 e. The summed E-state index contributed by atoms with van der Waals surface area (Å²) >= 11 is 0. The van der Waals surface area contributed by atoms with Crippen LogP contribution < -0.4 is 5.73 Å². The minimum absolute atomic E-state index is 0.881. The van der Waals surface area contributed by atoms with Crippen LogP contribution in [0.2, 0.25) is 0 Å². The minimum Gasteiger partial charge on any atom is -0.398 e. The molecule has 7 rings (SSSR count). The highest BCUT2D eigenvalue weighted by Crippen LogP contribution is 2.45. The van der Waals surface area contributed by atoms with Gasteiger partial charge >= 0.3 is 0 Å². The molecule has 0 saturated carbocycles. The summed E-state index contributed by atoms with van der Waals surface area (Å²) in [5, 5.41) is 0. The molecule has 2 aliphatic rings. The molecule has 0 fully saturated rings. The van der Waals surface area contributed by atoms with Gasteiger partial charge in [-0.05, 0) is 124 Å². The van der Waals surface area contributed by atoms with Crippen molar-refractivity contribution in [2.75, 3.05) is 5.73 Å². The van der Waals surface area contributed by atoms with Gasteiger partial charge in [0.05, 0.1) is 0 Å². The third-order valence-electron chi connectivity index (χ3n) is 8.65. The van der Waals surface area contributed by atoms with E-state index in [1.54, 1.807) is 0 Å². The zero-order valence-electron chi connectivity index (χ0n) is 22.1. The largest absolute Gasteiger partial charge is 0.398 e. The lowest BCUT2D eigenvalue weighted by Gasteiger charge is -2.20. The predicted octanol–water partition coefficient (Wildman–Crippen LogP) is 9.22. The molecule has 0 radical (unpaired) electrons. The summed E-state index contributed by atoms with van der Waals surface area (Å²) in [4.78, 5) is 0. The van der Waals surface area contributed by atoms with Crippen LogP contribution in [0.4, 0.5) is 5.69 Å². The Kier molecular flexibility index (Phi) is 5.66. The molecule has 2 N–H and O–H groups in total. The fourth-order valence-electron chi connectivity index (χ4n) is 6.80. The van der Waals surface area contributed by atoms with Crippen molar-refractivity contribution in [1.82, 2.24) is 0 Å². The Labute approximate surface area is 226 Å². The molecule has 2 aliphatic carbocycles. The monoisotopic (exact) mass is 491 g/mol. The summed E-state index contributed by atoms with van der Waals surface area (Å²) < 4.78 is 0. The predicted molar refractivity (Wildman–Crippen MR) is 161 cm³/mol. The zero-order valence-corrected chi connectivity index (χ0v) is 22.1. The van der Waals surface area contributed by atoms with E-state index in [-0.39, 0.29) is 0 Å². The highest BCUT2D eigenvalue weighted by molar-refractivity contribution is 5.96. The van der Waals surface area contributed by atoms with Gasteiger partial charge in [0.2, 0.25) is 0 Å². The summed E-state index contributed by atoms with van der Waals surface area (Å²) in [6.45, 7) is 2.16. The number of nitrogen functional groups attached to an aromatic ring is 1. The van der Waals surface area contributed by atoms with Gasteiger partial charge < -0.3 is 5.73 Å². The van der Waals surface area contributed by atoms with E-state index >= 15 is 0 Å². The molecule has 0 aromatic heterocycles. The normalized spacial score (nSPS) is 13.9. The molecule has 0 amide bonds. The maximum absolute atomic E-state index is 6.89. The maximum atomic E-state index is 6.89. The number of hydrogen-bond donors (Lipinski definition) is 1. The highest BCUT2D eigenvalue weighted by atomic mass is 14.6. The van der Waals surface area contributed by atoms with Gasteiger partial charge in [-0.1, -0.05) is 84.9 Å². The Hall–Kier alpha value is -4.10. The fourth-order valence-corrected chi connectivity index (χ4v) is 6.80. The SMILES string of the molecule is Cc1cc(-c2cccc3c2-c2ccccc2CCC3)cc(-c2cccc3c2-c2ccccc2CCC3)c1N. The van der Waals surface area contributed by atoms with E-state index in [4.69, 9.17) is 5.73 Å². The fraction of sp³-hybridized carbons (Fsp3) is 0.189. The average molecular weight is 492 g/mol. The molecule has 5 aromatic carbocycles. The zero-order chi connectivity index (χ0) is 25.6. The van der Waals surface area contributed by atoms with E-state index in [0.717, 1.165) is 42.5 Å². The summed E-state index contributed by atoms with van der Waals surface area (Å²) in [5.74, 6) is 0. The van der Waals surface area contributed by atoms with E-state index in [0.29, 0.717) is 0 Å². The lowest BCUT2D eigenvalue weighted by atomic mass is 9.84. The first-order valence-corrected chi connectivity index (χ1v) is 14.0. The van der Waals surface area contributed by atoms with E-state index in [9.17, 15) is 0 Å². The molecule has 1 heteroatoms. The van der Waals surface area contributed by atoms with Crippen LogP contribution in [0.3, 0.4) is 0 Å². The molecule has 0 aliphatic heterocycles. The third-order valence-corrected chi connectivity index (χ3v) is 8.65. The summed E-state index contributed by atoms with van der Waals surface area (Å²) in [6.07, 6.45) is 6.83. The van der Waals surface area contributed by atoms with Crippen LogP contribution in [0.25, 0.3) is 44.5 Å². The van der Waals surface area contributed by atoms with Crippen LogP contribution in [-0.4, -0.2) is 0 Å². The molecule has 5 aromatic rings. The number of nitrogens with two attached hydrogens (primary N) is 1. The van der Waals surface area contributed by atoms with E-state index in [1.807, 2.05) is 0 Å². The number of aryl methyl sites for hydroxylation is 5. The van der Waals surface area contributed by atoms with E-state index in [1.165, 1.54) is 74.0 Å². The van der Waals surface area contributed by atoms with Crippen molar-refractivity contribution < 1.29 is 0 Å². The van der Waals surface area contributed by atoms with Crippen molar-refractivity contribution in [2.24, 2.45) is 0 Å². The van der Waals surface area contributed by atoms with Crippen LogP contribution in [0.15, 0.2) is 97.1 Å². The molecule has 0 heterocycles. The highest BCUT2D eigenvalue weighted by Gasteiger charge is 2.22. The minimum atomic E-state index is 0.881. The van der Waals surface area contributed by atoms with Gasteiger partial charge in [0.1, 0.15) is 0 Å². The first kappa shape index (κ1) is 23.0. The van der Waals surface area contributed by atoms with Crippen molar-refractivity contribution in [3.8, 4) is 44.5 Å². The van der Waals surface area contributed by atoms with Gasteiger partial charge in [0.25, 0.3) is 0 Å². The Morgan fingerprint density at radius 3 is 1.58 bits per heavy atom. The number of anilines is 1. The molecule has 186 valence electrons. The summed E-state index contributed by atoms with van der Waals surface area (Å²) in [6, 6.07) is 36.2. The van der Waals surface area contributed by atoms with E-state index < -0.39 is 0 Å². The number of rotatable bonds is 2. The van der Waals surface area contributed by atoms with Crippen molar-refractivity contribution in [1.29, 1.82) is 0 Å². The van der Waals surface area contributed by atoms with Crippen molar-refractivity contribution in [3.05, 3.63) is 125 Å². The second-order valence-electron chi connectivity index (χ2n) is 11.0. The Balaban J connectivity index is 1.48. The van der Waals surface area contributed by atoms with Crippen LogP contribution in [-0.2, 0) is 25.7 Å². The topological polar surface area (TPSA) is 26.0 Å². The lowest BCUT2D eigenvalue weighted by molar-refractivity contribution is 0.835. The van der Waals surface area contributed by atoms with Gasteiger partial charge in [-0.3, -0.25) is 0 Å². The van der Waals surface area contributed by atoms with Crippen molar-refractivity contribution in [3.63, 3.8) is 0 Å². The number of hydrogen-bond acceptors (Lipinski definition) is 1. The van der Waals surface area contributed by atoms with Gasteiger partial charge in [0, 0.05) is 11.3 Å². The molecule has 0 bridgehead atoms. The Morgan fingerprint density at radius 2 is 0.947 bits per heavy atom. The number of benzene rings is 5. The van der Waals surface area contributed by atoms with E-state index in [2.05, 4.69) is 104 Å². The van der Waals surface area contributed by atoms with Crippen molar-refractivity contribution >= 4 is 5.69 Å². The van der Waals surface area contributed by atoms with Crippen LogP contribution in [0.1, 0.15) is 40.7 Å². The smallest absolute Gasteiger partial charge is 0.0424 e. The molecule has 0 spiro atoms. The van der Waals surface area contributed by atoms with Crippen molar-refractivity contribution in [2.45, 2.75) is 45.4 Å². The second kappa shape index (κ2) is 9.33. The van der Waals surface area contributed by atoms with Crippen LogP contribution in [0, 0.1) is 6.92 Å². The van der Waals surface area contributed by atoms with Gasteiger partial charge in [0.15, 0.2) is 0 Å². The van der Waals surface area contributed by atoms with Gasteiger partial charge in [-0.2, -0.15) is 0 Å². The molecular formula is C37H33N. The van der Waals surface area contributed by atoms with Crippen LogP contribution >= 0.6 is 0 Å². The van der Waals surface area contributed by atoms with Gasteiger partial charge in [-0.25, -0.2) is 0 Å². The van der Waals surface area contributed by atoms with Crippen LogP contribution in [0.5, 0.6) is 0 Å². The molecular weight excluding hydrogens is 458 g/mol. The number of fused-ring (bicyclic) bond motifs is 6. The summed E-state index contributed by atoms with van der Waals surface area (Å²) in [5.41, 5.74) is 25.1. The second-order valence-corrected chi connectivity index (χ2v) is 11.0. The third kappa shape index (κ3) is 3.77. The first-order valence-electron chi connectivity index (χ1n) is 14.0. The Morgan fingerprint density at radius 1 is 0.474 bits per heavy atom. The Bertz CT molecular complexity index is 1690. The molecule has 0 unspecified atom stereocenters. The molecule has 38 heavy (non-hydrogen) atoms. The molecule has 1 nitrogen and oxygen atoms in total. The summed E-state index contributed by atoms with van der Waals surface area (Å²) in [7, 11) is 0. The first-order chi connectivity index (χ1) is 18.7. The molecule has 0 atom stereocenters. The lowest BCUT2D eigenvalue weighted by Crippen LogP contribution is -1.99. The molecule has 0 saturated heterocycles. The quantitative estimate of drug-likeness (QED) is 0.245.